The number of para-hydroxylation sites is 2. The molecule has 0 fully saturated rings. The lowest BCUT2D eigenvalue weighted by molar-refractivity contribution is -0.137. The monoisotopic (exact) mass is 1140 g/mol. The molecule has 0 atom stereocenters. The van der Waals surface area contributed by atoms with E-state index in [9.17, 15) is 10.5 Å². The first-order valence-corrected chi connectivity index (χ1v) is 28.3. The maximum absolute atomic E-state index is 15.3. The fourth-order valence-corrected chi connectivity index (χ4v) is 11.8. The maximum Gasteiger partial charge on any atom is 0.417 e. The van der Waals surface area contributed by atoms with Gasteiger partial charge in [0.2, 0.25) is 0 Å². The summed E-state index contributed by atoms with van der Waals surface area (Å²) in [6.45, 7) is 0. The predicted octanol–water partition coefficient (Wildman–Crippen LogP) is 18.3. The van der Waals surface area contributed by atoms with E-state index in [1.54, 1.807) is 18.2 Å². The Labute approximate surface area is 501 Å². The summed E-state index contributed by atoms with van der Waals surface area (Å²) in [4.78, 5) is 30.1. The summed E-state index contributed by atoms with van der Waals surface area (Å²) in [5.41, 5.74) is 10.1. The maximum atomic E-state index is 15.3. The van der Waals surface area contributed by atoms with Crippen LogP contribution in [0.25, 0.3) is 146 Å². The van der Waals surface area contributed by atoms with Crippen LogP contribution >= 0.6 is 0 Å². The van der Waals surface area contributed by atoms with Crippen molar-refractivity contribution in [3.63, 3.8) is 0 Å². The lowest BCUT2D eigenvalue weighted by Gasteiger charge is -2.21. The number of alkyl halides is 3. The Morgan fingerprint density at radius 3 is 1.02 bits per heavy atom. The summed E-state index contributed by atoms with van der Waals surface area (Å²) in [5, 5.41) is 24.0. The highest BCUT2D eigenvalue weighted by Gasteiger charge is 2.35. The molecule has 0 unspecified atom stereocenters. The highest BCUT2D eigenvalue weighted by Crippen LogP contribution is 2.46. The molecule has 0 spiro atoms. The third-order valence-corrected chi connectivity index (χ3v) is 15.9. The first-order chi connectivity index (χ1) is 43.1. The molecule has 0 radical (unpaired) electrons. The number of benzene rings is 11. The van der Waals surface area contributed by atoms with E-state index in [-0.39, 0.29) is 16.7 Å². The van der Waals surface area contributed by atoms with Crippen molar-refractivity contribution in [2.24, 2.45) is 0 Å². The second-order valence-electron chi connectivity index (χ2n) is 21.2. The molecular formula is C75H43F3N10. The number of hydrogen-bond acceptors (Lipinski definition) is 8. The Bertz CT molecular complexity index is 5220. The normalized spacial score (nSPS) is 11.6. The van der Waals surface area contributed by atoms with Crippen molar-refractivity contribution in [2.75, 3.05) is 0 Å². The highest BCUT2D eigenvalue weighted by molar-refractivity contribution is 6.13. The summed E-state index contributed by atoms with van der Waals surface area (Å²) in [7, 11) is 0. The van der Waals surface area contributed by atoms with Crippen LogP contribution < -0.4 is 0 Å². The van der Waals surface area contributed by atoms with Crippen LogP contribution in [0.1, 0.15) is 16.7 Å². The van der Waals surface area contributed by atoms with Crippen LogP contribution in [0.15, 0.2) is 261 Å². The summed E-state index contributed by atoms with van der Waals surface area (Å²) < 4.78 is 50.0. The topological polar surface area (TPSA) is 135 Å². The van der Waals surface area contributed by atoms with Crippen molar-refractivity contribution in [3.8, 4) is 114 Å². The zero-order valence-electron chi connectivity index (χ0n) is 46.4. The number of nitriles is 2. The standard InChI is InChI=1S/C75H43F3N10/c76-75(77,78)62-39-46(44-79)29-34-55(62)52-31-36-59(68(43-52)88-64-28-16-14-26-57(64)61-42-54(33-38-66(61)88)74-85-71(50-21-9-3-10-22-50)82-72(86-74)51-23-11-4-12-24-51)58-35-30-47(45-80)40-67(58)87-63-27-15-13-25-56(63)60-41-53(32-37-65(60)87)73-83-69(48-17-5-1-6-18-48)81-70(84-73)49-19-7-2-8-20-49/h1-43H. The molecule has 0 aliphatic rings. The molecule has 0 aliphatic heterocycles. The molecule has 0 bridgehead atoms. The van der Waals surface area contributed by atoms with Crippen molar-refractivity contribution < 1.29 is 13.2 Å². The average molecular weight is 1140 g/mol. The molecule has 88 heavy (non-hydrogen) atoms. The van der Waals surface area contributed by atoms with E-state index in [2.05, 4.69) is 33.4 Å². The molecule has 15 aromatic rings. The van der Waals surface area contributed by atoms with Gasteiger partial charge in [0.05, 0.1) is 62.3 Å². The van der Waals surface area contributed by atoms with Gasteiger partial charge in [-0.25, -0.2) is 29.9 Å². The number of fused-ring (bicyclic) bond motifs is 6. The van der Waals surface area contributed by atoms with Gasteiger partial charge in [-0.15, -0.1) is 0 Å². The fourth-order valence-electron chi connectivity index (χ4n) is 11.8. The van der Waals surface area contributed by atoms with Gasteiger partial charge in [-0.3, -0.25) is 0 Å². The SMILES string of the molecule is N#Cc1ccc(-c2ccc(-c3ccc(C#N)cc3C(F)(F)F)cc2-n2c3ccccc3c3cc(-c4nc(-c5ccccc5)nc(-c5ccccc5)n4)ccc32)c(-n2c3ccccc3c3cc(-c4nc(-c5ccccc5)nc(-c5ccccc5)n4)ccc32)c1. The summed E-state index contributed by atoms with van der Waals surface area (Å²) in [6, 6.07) is 86.1. The van der Waals surface area contributed by atoms with E-state index in [1.807, 2.05) is 212 Å². The molecule has 13 heteroatoms. The van der Waals surface area contributed by atoms with Gasteiger partial charge in [0.25, 0.3) is 0 Å². The van der Waals surface area contributed by atoms with Gasteiger partial charge >= 0.3 is 6.18 Å². The summed E-state index contributed by atoms with van der Waals surface area (Å²) in [6.07, 6.45) is -4.80. The molecule has 10 nitrogen and oxygen atoms in total. The molecular weight excluding hydrogens is 1100 g/mol. The van der Waals surface area contributed by atoms with Gasteiger partial charge < -0.3 is 9.13 Å². The smallest absolute Gasteiger partial charge is 0.309 e. The molecule has 4 aromatic heterocycles. The molecule has 414 valence electrons. The Morgan fingerprint density at radius 1 is 0.284 bits per heavy atom. The van der Waals surface area contributed by atoms with Gasteiger partial charge in [0.1, 0.15) is 0 Å². The van der Waals surface area contributed by atoms with Gasteiger partial charge in [0.15, 0.2) is 34.9 Å². The molecule has 0 amide bonds. The minimum atomic E-state index is -4.80. The van der Waals surface area contributed by atoms with Crippen molar-refractivity contribution in [2.45, 2.75) is 6.18 Å². The third-order valence-electron chi connectivity index (χ3n) is 15.9. The van der Waals surface area contributed by atoms with Crippen LogP contribution in [-0.4, -0.2) is 39.0 Å². The Balaban J connectivity index is 0.960. The van der Waals surface area contributed by atoms with Crippen LogP contribution in [0.2, 0.25) is 0 Å². The van der Waals surface area contributed by atoms with E-state index < -0.39 is 11.7 Å². The third kappa shape index (κ3) is 9.33. The minimum absolute atomic E-state index is 0.0937. The van der Waals surface area contributed by atoms with Gasteiger partial charge in [0, 0.05) is 66.1 Å². The van der Waals surface area contributed by atoms with Gasteiger partial charge in [-0.1, -0.05) is 182 Å². The van der Waals surface area contributed by atoms with Gasteiger partial charge in [-0.05, 0) is 90.0 Å². The number of nitrogens with zero attached hydrogens (tertiary/aromatic N) is 10. The van der Waals surface area contributed by atoms with E-state index in [4.69, 9.17) is 29.9 Å². The summed E-state index contributed by atoms with van der Waals surface area (Å²) in [5.74, 6) is 3.02. The molecule has 15 rings (SSSR count). The molecule has 0 N–H and O–H groups in total. The van der Waals surface area contributed by atoms with Crippen LogP contribution in [0.5, 0.6) is 0 Å². The molecule has 11 aromatic carbocycles. The average Bonchev–Trinajstić information content (AvgIpc) is 1.61. The van der Waals surface area contributed by atoms with Crippen LogP contribution in [0.3, 0.4) is 0 Å². The lowest BCUT2D eigenvalue weighted by Crippen LogP contribution is -2.08. The Kier molecular flexibility index (Phi) is 12.8. The van der Waals surface area contributed by atoms with E-state index in [0.717, 1.165) is 83.1 Å². The number of hydrogen-bond donors (Lipinski definition) is 0. The second kappa shape index (κ2) is 21.5. The van der Waals surface area contributed by atoms with Gasteiger partial charge in [-0.2, -0.15) is 23.7 Å². The lowest BCUT2D eigenvalue weighted by atomic mass is 9.93. The number of rotatable bonds is 10. The molecule has 0 saturated heterocycles. The molecule has 4 heterocycles. The van der Waals surface area contributed by atoms with Crippen LogP contribution in [-0.2, 0) is 6.18 Å². The number of halogens is 3. The number of aromatic nitrogens is 8. The first-order valence-electron chi connectivity index (χ1n) is 28.3. The fraction of sp³-hybridized carbons (Fsp3) is 0.0133. The van der Waals surface area contributed by atoms with Crippen molar-refractivity contribution >= 4 is 43.6 Å². The van der Waals surface area contributed by atoms with Crippen LogP contribution in [0, 0.1) is 22.7 Å². The van der Waals surface area contributed by atoms with E-state index in [1.165, 1.54) is 12.1 Å². The van der Waals surface area contributed by atoms with Crippen molar-refractivity contribution in [1.29, 1.82) is 10.5 Å². The Morgan fingerprint density at radius 2 is 0.614 bits per heavy atom. The highest BCUT2D eigenvalue weighted by atomic mass is 19.4. The van der Waals surface area contributed by atoms with E-state index in [0.29, 0.717) is 63.0 Å². The minimum Gasteiger partial charge on any atom is -0.309 e. The Hall–Kier alpha value is -12.2. The zero-order valence-corrected chi connectivity index (χ0v) is 46.4. The first kappa shape index (κ1) is 52.6. The zero-order chi connectivity index (χ0) is 59.5. The molecule has 0 saturated carbocycles. The van der Waals surface area contributed by atoms with Crippen LogP contribution in [0.4, 0.5) is 13.2 Å². The summed E-state index contributed by atoms with van der Waals surface area (Å²) >= 11 is 0. The second-order valence-corrected chi connectivity index (χ2v) is 21.2. The quantitative estimate of drug-likeness (QED) is 0.132. The predicted molar refractivity (Wildman–Crippen MR) is 340 cm³/mol. The van der Waals surface area contributed by atoms with Crippen molar-refractivity contribution in [1.82, 2.24) is 39.0 Å². The largest absolute Gasteiger partial charge is 0.417 e. The molecule has 0 aliphatic carbocycles. The van der Waals surface area contributed by atoms with E-state index >= 15 is 13.2 Å². The van der Waals surface area contributed by atoms with Crippen molar-refractivity contribution in [3.05, 3.63) is 278 Å².